The molecule has 0 saturated carbocycles. The number of hydrogen-bond acceptors (Lipinski definition) is 5. The minimum atomic E-state index is -0.502. The molecule has 2 heterocycles. The second kappa shape index (κ2) is 7.75. The number of para-hydroxylation sites is 1. The number of benzene rings is 2. The number of hydrogen-bond donors (Lipinski definition) is 1. The van der Waals surface area contributed by atoms with Gasteiger partial charge in [0.2, 0.25) is 0 Å². The molecule has 150 valence electrons. The van der Waals surface area contributed by atoms with Gasteiger partial charge in [-0.3, -0.25) is 19.6 Å². The molecule has 8 nitrogen and oxygen atoms in total. The summed E-state index contributed by atoms with van der Waals surface area (Å²) < 4.78 is 1.78. The predicted molar refractivity (Wildman–Crippen MR) is 114 cm³/mol. The van der Waals surface area contributed by atoms with Crippen LogP contribution < -0.4 is 5.32 Å². The van der Waals surface area contributed by atoms with Crippen LogP contribution in [0.5, 0.6) is 0 Å². The van der Waals surface area contributed by atoms with Crippen LogP contribution in [-0.2, 0) is 6.54 Å². The summed E-state index contributed by atoms with van der Waals surface area (Å²) in [5.41, 5.74) is 3.18. The van der Waals surface area contributed by atoms with E-state index in [0.29, 0.717) is 22.2 Å². The summed E-state index contributed by atoms with van der Waals surface area (Å²) in [6.07, 6.45) is 3.57. The van der Waals surface area contributed by atoms with Crippen molar-refractivity contribution in [2.45, 2.75) is 20.4 Å². The first-order chi connectivity index (χ1) is 14.5. The normalized spacial score (nSPS) is 10.9. The molecule has 4 rings (SSSR count). The number of aryl methyl sites for hydroxylation is 2. The van der Waals surface area contributed by atoms with E-state index in [0.717, 1.165) is 17.7 Å². The topological polar surface area (TPSA) is 103 Å². The van der Waals surface area contributed by atoms with E-state index in [4.69, 9.17) is 0 Å². The number of nitrogens with one attached hydrogen (secondary N) is 1. The monoisotopic (exact) mass is 401 g/mol. The lowest BCUT2D eigenvalue weighted by Crippen LogP contribution is -2.14. The summed E-state index contributed by atoms with van der Waals surface area (Å²) in [6.45, 7) is 4.47. The molecule has 4 aromatic rings. The summed E-state index contributed by atoms with van der Waals surface area (Å²) in [5.74, 6) is -0.440. The maximum atomic E-state index is 13.2. The van der Waals surface area contributed by atoms with Crippen LogP contribution >= 0.6 is 0 Å². The number of anilines is 1. The Balaban J connectivity index is 1.80. The van der Waals surface area contributed by atoms with Crippen LogP contribution in [0.3, 0.4) is 0 Å². The Labute approximate surface area is 172 Å². The van der Waals surface area contributed by atoms with Crippen LogP contribution in [0.1, 0.15) is 22.8 Å². The third-order valence-electron chi connectivity index (χ3n) is 4.81. The van der Waals surface area contributed by atoms with Gasteiger partial charge in [-0.2, -0.15) is 5.10 Å². The molecule has 1 amide bonds. The van der Waals surface area contributed by atoms with E-state index in [2.05, 4.69) is 15.4 Å². The first-order valence-electron chi connectivity index (χ1n) is 9.45. The maximum Gasteiger partial charge on any atom is 0.293 e. The van der Waals surface area contributed by atoms with Crippen LogP contribution in [0.2, 0.25) is 0 Å². The largest absolute Gasteiger partial charge is 0.316 e. The zero-order valence-corrected chi connectivity index (χ0v) is 16.5. The van der Waals surface area contributed by atoms with Crippen LogP contribution in [0.25, 0.3) is 22.2 Å². The first-order valence-corrected chi connectivity index (χ1v) is 9.45. The van der Waals surface area contributed by atoms with Gasteiger partial charge in [-0.25, -0.2) is 4.98 Å². The molecule has 2 aromatic carbocycles. The Morgan fingerprint density at radius 2 is 2.00 bits per heavy atom. The van der Waals surface area contributed by atoms with Gasteiger partial charge < -0.3 is 5.32 Å². The molecule has 1 N–H and O–H groups in total. The number of aromatic nitrogens is 3. The lowest BCUT2D eigenvalue weighted by molar-refractivity contribution is -0.384. The Bertz CT molecular complexity index is 1280. The van der Waals surface area contributed by atoms with Crippen molar-refractivity contribution in [1.29, 1.82) is 0 Å². The fraction of sp³-hybridized carbons (Fsp3) is 0.136. The summed E-state index contributed by atoms with van der Waals surface area (Å²) in [6, 6.07) is 13.7. The second-order valence-corrected chi connectivity index (χ2v) is 6.89. The van der Waals surface area contributed by atoms with E-state index in [-0.39, 0.29) is 11.4 Å². The highest BCUT2D eigenvalue weighted by atomic mass is 16.6. The smallest absolute Gasteiger partial charge is 0.293 e. The van der Waals surface area contributed by atoms with E-state index in [9.17, 15) is 14.9 Å². The fourth-order valence-electron chi connectivity index (χ4n) is 3.27. The number of carbonyl (C=O) groups excluding carboxylic acids is 1. The third-order valence-corrected chi connectivity index (χ3v) is 4.81. The number of rotatable bonds is 5. The molecular weight excluding hydrogens is 382 g/mol. The van der Waals surface area contributed by atoms with Crippen molar-refractivity contribution in [3.8, 4) is 11.3 Å². The van der Waals surface area contributed by atoms with Crippen LogP contribution in [0, 0.1) is 17.0 Å². The summed E-state index contributed by atoms with van der Waals surface area (Å²) >= 11 is 0. The van der Waals surface area contributed by atoms with Gasteiger partial charge in [0.05, 0.1) is 27.9 Å². The van der Waals surface area contributed by atoms with Gasteiger partial charge in [0.25, 0.3) is 11.6 Å². The molecule has 0 aliphatic heterocycles. The molecule has 0 spiro atoms. The van der Waals surface area contributed by atoms with E-state index in [1.165, 1.54) is 6.07 Å². The molecule has 0 bridgehead atoms. The van der Waals surface area contributed by atoms with Crippen LogP contribution in [-0.4, -0.2) is 25.6 Å². The van der Waals surface area contributed by atoms with Crippen molar-refractivity contribution < 1.29 is 9.72 Å². The van der Waals surface area contributed by atoms with Gasteiger partial charge in [-0.1, -0.05) is 24.3 Å². The zero-order valence-electron chi connectivity index (χ0n) is 16.5. The van der Waals surface area contributed by atoms with E-state index < -0.39 is 10.8 Å². The van der Waals surface area contributed by atoms with Crippen LogP contribution in [0.15, 0.2) is 60.9 Å². The van der Waals surface area contributed by atoms with Crippen molar-refractivity contribution in [3.63, 3.8) is 0 Å². The molecule has 0 atom stereocenters. The van der Waals surface area contributed by atoms with Gasteiger partial charge in [0, 0.05) is 29.8 Å². The van der Waals surface area contributed by atoms with Crippen molar-refractivity contribution >= 4 is 28.2 Å². The molecule has 8 heteroatoms. The number of nitrogens with zero attached hydrogens (tertiary/aromatic N) is 4. The van der Waals surface area contributed by atoms with Crippen LogP contribution in [0.4, 0.5) is 11.4 Å². The fourth-order valence-corrected chi connectivity index (χ4v) is 3.27. The summed E-state index contributed by atoms with van der Waals surface area (Å²) in [5, 5.41) is 19.0. The van der Waals surface area contributed by atoms with Crippen molar-refractivity contribution in [2.75, 3.05) is 5.32 Å². The summed E-state index contributed by atoms with van der Waals surface area (Å²) in [4.78, 5) is 28.7. The van der Waals surface area contributed by atoms with E-state index in [1.54, 1.807) is 42.1 Å². The Morgan fingerprint density at radius 1 is 1.20 bits per heavy atom. The minimum absolute atomic E-state index is 0.147. The van der Waals surface area contributed by atoms with Gasteiger partial charge >= 0.3 is 0 Å². The molecule has 0 fully saturated rings. The number of nitro groups is 1. The van der Waals surface area contributed by atoms with Gasteiger partial charge in [-0.15, -0.1) is 0 Å². The van der Waals surface area contributed by atoms with Gasteiger partial charge in [0.1, 0.15) is 5.69 Å². The lowest BCUT2D eigenvalue weighted by atomic mass is 10.0. The van der Waals surface area contributed by atoms with Crippen molar-refractivity contribution in [2.24, 2.45) is 0 Å². The standard InChI is InChI=1S/C22H19N5O3/c1-3-26-13-15(12-23-26)20-11-17(16-6-4-5-7-18(16)24-20)22(28)25-19-9-8-14(2)10-21(19)27(29)30/h4-13H,3H2,1-2H3,(H,25,28). The first kappa shape index (κ1) is 19.3. The average molecular weight is 401 g/mol. The number of carbonyl (C=O) groups is 1. The molecule has 0 aliphatic carbocycles. The van der Waals surface area contributed by atoms with E-state index >= 15 is 0 Å². The Morgan fingerprint density at radius 3 is 2.73 bits per heavy atom. The maximum absolute atomic E-state index is 13.2. The zero-order chi connectivity index (χ0) is 21.3. The average Bonchev–Trinajstić information content (AvgIpc) is 3.23. The highest BCUT2D eigenvalue weighted by molar-refractivity contribution is 6.13. The predicted octanol–water partition coefficient (Wildman–Crippen LogP) is 4.59. The third kappa shape index (κ3) is 3.62. The van der Waals surface area contributed by atoms with E-state index in [1.807, 2.05) is 31.3 Å². The SMILES string of the molecule is CCn1cc(-c2cc(C(=O)Nc3ccc(C)cc3[N+](=O)[O-])c3ccccc3n2)cn1. The quantitative estimate of drug-likeness (QED) is 0.389. The molecule has 2 aromatic heterocycles. The number of pyridine rings is 1. The lowest BCUT2D eigenvalue weighted by Gasteiger charge is -2.10. The highest BCUT2D eigenvalue weighted by Crippen LogP contribution is 2.28. The summed E-state index contributed by atoms with van der Waals surface area (Å²) in [7, 11) is 0. The second-order valence-electron chi connectivity index (χ2n) is 6.89. The molecule has 0 radical (unpaired) electrons. The number of amides is 1. The molecule has 0 unspecified atom stereocenters. The molecule has 0 saturated heterocycles. The molecule has 0 aliphatic rings. The Hall–Kier alpha value is -4.07. The number of nitro benzene ring substituents is 1. The van der Waals surface area contributed by atoms with Gasteiger partial charge in [0.15, 0.2) is 0 Å². The highest BCUT2D eigenvalue weighted by Gasteiger charge is 2.19. The minimum Gasteiger partial charge on any atom is -0.316 e. The molecular formula is C22H19N5O3. The molecule has 30 heavy (non-hydrogen) atoms. The van der Waals surface area contributed by atoms with Gasteiger partial charge in [-0.05, 0) is 37.6 Å². The van der Waals surface area contributed by atoms with Crippen molar-refractivity contribution in [3.05, 3.63) is 82.2 Å². The van der Waals surface area contributed by atoms with Crippen molar-refractivity contribution in [1.82, 2.24) is 14.8 Å². The Kier molecular flexibility index (Phi) is 4.97. The number of fused-ring (bicyclic) bond motifs is 1.